The first-order chi connectivity index (χ1) is 40.3. The molecule has 5 N–H and O–H groups in total. The van der Waals surface area contributed by atoms with Crippen molar-refractivity contribution in [1.29, 1.82) is 0 Å². The highest BCUT2D eigenvalue weighted by molar-refractivity contribution is 6.14. The number of amides is 7. The van der Waals surface area contributed by atoms with Crippen LogP contribution in [0.5, 0.6) is 0 Å². The van der Waals surface area contributed by atoms with Gasteiger partial charge in [0.2, 0.25) is 41.4 Å². The van der Waals surface area contributed by atoms with Crippen LogP contribution in [0.4, 0.5) is 0 Å². The van der Waals surface area contributed by atoms with Gasteiger partial charge in [-0.3, -0.25) is 38.0 Å². The number of nitrogens with one attached hydrogen (secondary N) is 1. The van der Waals surface area contributed by atoms with Gasteiger partial charge >= 0.3 is 0 Å². The summed E-state index contributed by atoms with van der Waals surface area (Å²) in [5.74, 6) is -4.16. The molecule has 0 fully saturated rings. The average Bonchev–Trinajstić information content (AvgIpc) is 3.58. The fourth-order valence-corrected chi connectivity index (χ4v) is 10.0. The highest BCUT2D eigenvalue weighted by Gasteiger charge is 2.37. The van der Waals surface area contributed by atoms with Crippen LogP contribution in [0.3, 0.4) is 0 Å². The van der Waals surface area contributed by atoms with Crippen LogP contribution in [0.2, 0.25) is 0 Å². The molecule has 0 spiro atoms. The van der Waals surface area contributed by atoms with Gasteiger partial charge in [-0.2, -0.15) is 0 Å². The van der Waals surface area contributed by atoms with E-state index in [2.05, 4.69) is 11.9 Å². The first kappa shape index (κ1) is 64.1. The molecule has 6 aromatic rings. The fraction of sp³-hybridized carbons (Fsp3) is 0.288. The van der Waals surface area contributed by atoms with Gasteiger partial charge < -0.3 is 46.2 Å². The molecule has 0 aliphatic rings. The van der Waals surface area contributed by atoms with Gasteiger partial charge in [0.15, 0.2) is 0 Å². The second kappa shape index (κ2) is 31.4. The Hall–Kier alpha value is -9.06. The van der Waals surface area contributed by atoms with E-state index in [1.807, 2.05) is 158 Å². The zero-order chi connectivity index (χ0) is 60.9. The van der Waals surface area contributed by atoms with E-state index in [1.54, 1.807) is 65.9 Å². The Labute approximate surface area is 498 Å². The summed E-state index contributed by atoms with van der Waals surface area (Å²) in [7, 11) is 1.60. The molecule has 0 heterocycles. The summed E-state index contributed by atoms with van der Waals surface area (Å²) in [5.41, 5.74) is 16.4. The number of benzene rings is 6. The molecule has 0 saturated carbocycles. The van der Waals surface area contributed by atoms with Crippen LogP contribution in [0.15, 0.2) is 200 Å². The van der Waals surface area contributed by atoms with Gasteiger partial charge in [-0.05, 0) is 68.0 Å². The van der Waals surface area contributed by atoms with Gasteiger partial charge in [0.25, 0.3) is 0 Å². The Kier molecular flexibility index (Phi) is 24.0. The zero-order valence-corrected chi connectivity index (χ0v) is 49.4. The molecule has 0 radical (unpaired) electrons. The minimum atomic E-state index is -0.757. The van der Waals surface area contributed by atoms with Crippen LogP contribution >= 0.6 is 11.8 Å². The lowest BCUT2D eigenvalue weighted by Crippen LogP contribution is -2.53. The minimum absolute atomic E-state index is 0.133. The molecular formula is C66H77ClN10O7. The van der Waals surface area contributed by atoms with Crippen LogP contribution in [0.1, 0.15) is 98.2 Å². The molecule has 7 amide bonds. The standard InChI is InChI=1S/C66H77ClN10O7/c1-47(53-26-14-8-15-27-53)72(41-60(69)78)62(80)43-74(49(3)55-30-18-10-19-31-55)64(82)45-76(51(5)57-34-22-12-23-35-57)66(84)46-77(52(6)58-36-24-13-25-37-58)65(83)44-75(50(4)56-32-20-11-21-33-56)63(81)42-73(48(2)54-28-16-9-17-29-54)61(79)40-70-39-59(38-68)71(7)67/h8-38,47,49-52,70H,2,39-46,68H2,1,3-7H3,(H2,69,78)/b59-38-/t47-,49-,50-,51-,52-/m0/s1. The number of nitrogens with two attached hydrogens (primary N) is 2. The smallest absolute Gasteiger partial charge is 0.243 e. The van der Waals surface area contributed by atoms with Crippen LogP contribution in [-0.4, -0.2) is 135 Å². The van der Waals surface area contributed by atoms with Crippen LogP contribution in [0, 0.1) is 0 Å². The monoisotopic (exact) mass is 1160 g/mol. The Bertz CT molecular complexity index is 3180. The SMILES string of the molecule is C=C(c1ccccc1)N(CC(=O)N(CC(=O)N(CC(=O)N(CC(=O)N(CC(=O)N(CC(N)=O)[C@@H](C)c1ccccc1)[C@@H](C)c1ccccc1)[C@@H](C)c1ccccc1)[C@@H](C)c1ccccc1)[C@@H](C)c1ccccc1)C(=O)CNC/C(=C/N)N(C)Cl. The highest BCUT2D eigenvalue weighted by Crippen LogP contribution is 2.29. The second-order valence-corrected chi connectivity index (χ2v) is 21.0. The van der Waals surface area contributed by atoms with Gasteiger partial charge in [0, 0.05) is 37.3 Å². The van der Waals surface area contributed by atoms with E-state index >= 15 is 19.2 Å². The van der Waals surface area contributed by atoms with Crippen molar-refractivity contribution in [2.75, 3.05) is 59.4 Å². The summed E-state index contributed by atoms with van der Waals surface area (Å²) in [4.78, 5) is 111. The van der Waals surface area contributed by atoms with Gasteiger partial charge in [-0.25, -0.2) is 0 Å². The molecule has 5 atom stereocenters. The van der Waals surface area contributed by atoms with E-state index in [0.29, 0.717) is 33.5 Å². The number of likely N-dealkylation sites (N-methyl/N-ethyl adjacent to an activating group) is 1. The maximum Gasteiger partial charge on any atom is 0.243 e. The van der Waals surface area contributed by atoms with Gasteiger partial charge in [-0.15, -0.1) is 0 Å². The van der Waals surface area contributed by atoms with Crippen molar-refractivity contribution >= 4 is 58.8 Å². The van der Waals surface area contributed by atoms with Gasteiger partial charge in [0.1, 0.15) is 32.7 Å². The molecule has 6 rings (SSSR count). The zero-order valence-electron chi connectivity index (χ0n) is 48.7. The average molecular weight is 1160 g/mol. The molecule has 0 aromatic heterocycles. The van der Waals surface area contributed by atoms with Crippen LogP contribution in [-0.2, 0) is 33.6 Å². The third-order valence-corrected chi connectivity index (χ3v) is 15.3. The van der Waals surface area contributed by atoms with Crippen molar-refractivity contribution in [2.24, 2.45) is 11.5 Å². The van der Waals surface area contributed by atoms with E-state index in [9.17, 15) is 14.4 Å². The van der Waals surface area contributed by atoms with Crippen LogP contribution in [0.25, 0.3) is 5.70 Å². The van der Waals surface area contributed by atoms with Crippen molar-refractivity contribution in [3.8, 4) is 0 Å². The van der Waals surface area contributed by atoms with E-state index in [0.717, 1.165) is 5.56 Å². The van der Waals surface area contributed by atoms with Gasteiger partial charge in [-0.1, -0.05) is 189 Å². The Morgan fingerprint density at radius 3 is 0.952 bits per heavy atom. The summed E-state index contributed by atoms with van der Waals surface area (Å²) in [6.07, 6.45) is 1.31. The summed E-state index contributed by atoms with van der Waals surface area (Å²) in [5, 5.41) is 3.05. The predicted octanol–water partition coefficient (Wildman–Crippen LogP) is 8.40. The van der Waals surface area contributed by atoms with Crippen molar-refractivity contribution in [3.05, 3.63) is 234 Å². The van der Waals surface area contributed by atoms with Crippen molar-refractivity contribution in [2.45, 2.75) is 64.8 Å². The molecule has 440 valence electrons. The molecule has 6 aromatic carbocycles. The number of primary amides is 1. The lowest BCUT2D eigenvalue weighted by Gasteiger charge is -2.38. The summed E-state index contributed by atoms with van der Waals surface area (Å²) in [6, 6.07) is 51.2. The molecule has 17 nitrogen and oxygen atoms in total. The van der Waals surface area contributed by atoms with Crippen molar-refractivity contribution < 1.29 is 33.6 Å². The van der Waals surface area contributed by atoms with E-state index in [1.165, 1.54) is 40.0 Å². The molecule has 0 aliphatic carbocycles. The molecule has 0 bridgehead atoms. The van der Waals surface area contributed by atoms with Crippen LogP contribution < -0.4 is 16.8 Å². The summed E-state index contributed by atoms with van der Waals surface area (Å²) in [6.45, 7) is 10.1. The third kappa shape index (κ3) is 17.5. The Balaban J connectivity index is 1.38. The van der Waals surface area contributed by atoms with Crippen molar-refractivity contribution in [3.63, 3.8) is 0 Å². The number of nitrogens with zero attached hydrogens (tertiary/aromatic N) is 7. The van der Waals surface area contributed by atoms with Gasteiger partial charge in [0.05, 0.1) is 49.0 Å². The number of carbonyl (C=O) groups excluding carboxylic acids is 7. The lowest BCUT2D eigenvalue weighted by atomic mass is 10.0. The third-order valence-electron chi connectivity index (χ3n) is 15.1. The largest absolute Gasteiger partial charge is 0.403 e. The first-order valence-corrected chi connectivity index (χ1v) is 28.2. The maximum atomic E-state index is 15.6. The molecule has 0 saturated heterocycles. The summed E-state index contributed by atoms with van der Waals surface area (Å²) >= 11 is 6.15. The molecule has 18 heteroatoms. The number of carbonyl (C=O) groups is 7. The lowest BCUT2D eigenvalue weighted by molar-refractivity contribution is -0.151. The molecule has 0 aliphatic heterocycles. The number of halogens is 1. The molecule has 84 heavy (non-hydrogen) atoms. The summed E-state index contributed by atoms with van der Waals surface area (Å²) < 4.78 is 1.29. The molecule has 0 unspecified atom stereocenters. The Morgan fingerprint density at radius 2 is 0.690 bits per heavy atom. The maximum absolute atomic E-state index is 15.6. The number of rotatable bonds is 29. The fourth-order valence-electron chi connectivity index (χ4n) is 9.89. The van der Waals surface area contributed by atoms with E-state index < -0.39 is 111 Å². The number of hydrogen-bond donors (Lipinski definition) is 3. The van der Waals surface area contributed by atoms with E-state index in [-0.39, 0.29) is 18.8 Å². The highest BCUT2D eigenvalue weighted by atomic mass is 35.5. The Morgan fingerprint density at radius 1 is 0.429 bits per heavy atom. The quantitative estimate of drug-likeness (QED) is 0.0383. The topological polar surface area (TPSA) is 206 Å². The number of hydrogen-bond acceptors (Lipinski definition) is 10. The first-order valence-electron chi connectivity index (χ1n) is 27.9. The second-order valence-electron chi connectivity index (χ2n) is 20.5. The minimum Gasteiger partial charge on any atom is -0.403 e. The normalized spacial score (nSPS) is 13.0. The van der Waals surface area contributed by atoms with E-state index in [4.69, 9.17) is 23.2 Å². The molecular weight excluding hydrogens is 1080 g/mol. The van der Waals surface area contributed by atoms with Crippen molar-refractivity contribution in [1.82, 2.24) is 39.1 Å². The predicted molar refractivity (Wildman–Crippen MR) is 328 cm³/mol.